The molecule has 0 aliphatic carbocycles. The standard InChI is InChI=1S/C8H6O3/c1-11-7-5-3-2-4-6(7)8(9)10/h1-5H,(H,9,10). The van der Waals surface area contributed by atoms with Crippen LogP contribution < -0.4 is 4.74 Å². The van der Waals surface area contributed by atoms with Crippen LogP contribution >= 0.6 is 0 Å². The third-order valence-corrected chi connectivity index (χ3v) is 1.24. The van der Waals surface area contributed by atoms with Crippen LogP contribution in [0.5, 0.6) is 5.75 Å². The van der Waals surface area contributed by atoms with Crippen LogP contribution in [-0.2, 0) is 0 Å². The fourth-order valence-corrected chi connectivity index (χ4v) is 0.746. The fourth-order valence-electron chi connectivity index (χ4n) is 0.746. The molecule has 0 fully saturated rings. The summed E-state index contributed by atoms with van der Waals surface area (Å²) in [5, 5.41) is 8.56. The van der Waals surface area contributed by atoms with Gasteiger partial charge in [-0.25, -0.2) is 4.79 Å². The Labute approximate surface area is 64.2 Å². The van der Waals surface area contributed by atoms with Crippen molar-refractivity contribution in [1.82, 2.24) is 0 Å². The Bertz CT molecular complexity index is 268. The lowest BCUT2D eigenvalue weighted by Gasteiger charge is -2.01. The second-order valence-electron chi connectivity index (χ2n) is 1.92. The lowest BCUT2D eigenvalue weighted by molar-refractivity contribution is 0.0694. The maximum atomic E-state index is 10.4. The molecule has 1 N–H and O–H groups in total. The Morgan fingerprint density at radius 3 is 2.55 bits per heavy atom. The van der Waals surface area contributed by atoms with E-state index in [1.165, 1.54) is 12.1 Å². The zero-order valence-corrected chi connectivity index (χ0v) is 5.65. The predicted octanol–water partition coefficient (Wildman–Crippen LogP) is 1.43. The van der Waals surface area contributed by atoms with E-state index < -0.39 is 5.97 Å². The number of ether oxygens (including phenoxy) is 1. The van der Waals surface area contributed by atoms with E-state index in [0.717, 1.165) is 0 Å². The molecule has 0 amide bonds. The summed E-state index contributed by atoms with van der Waals surface area (Å²) in [6, 6.07) is 6.16. The van der Waals surface area contributed by atoms with Crippen molar-refractivity contribution in [2.45, 2.75) is 0 Å². The molecular formula is C8H6O3. The lowest BCUT2D eigenvalue weighted by Crippen LogP contribution is -1.98. The van der Waals surface area contributed by atoms with Gasteiger partial charge in [-0.15, -0.1) is 0 Å². The second-order valence-corrected chi connectivity index (χ2v) is 1.92. The van der Waals surface area contributed by atoms with Gasteiger partial charge in [0.05, 0.1) is 0 Å². The van der Waals surface area contributed by atoms with Gasteiger partial charge in [-0.2, -0.15) is 0 Å². The van der Waals surface area contributed by atoms with Gasteiger partial charge in [-0.3, -0.25) is 0 Å². The van der Waals surface area contributed by atoms with Gasteiger partial charge in [0.2, 0.25) is 0 Å². The highest BCUT2D eigenvalue weighted by molar-refractivity contribution is 5.90. The molecule has 0 bridgehead atoms. The zero-order valence-electron chi connectivity index (χ0n) is 5.65. The van der Waals surface area contributed by atoms with E-state index in [1.807, 2.05) is 0 Å². The van der Waals surface area contributed by atoms with Gasteiger partial charge in [-0.1, -0.05) is 12.1 Å². The minimum Gasteiger partial charge on any atom is -0.481 e. The Morgan fingerprint density at radius 1 is 1.45 bits per heavy atom. The molecule has 0 atom stereocenters. The van der Waals surface area contributed by atoms with E-state index in [4.69, 9.17) is 12.2 Å². The summed E-state index contributed by atoms with van der Waals surface area (Å²) in [5.74, 6) is -0.883. The predicted molar refractivity (Wildman–Crippen MR) is 38.3 cm³/mol. The Morgan fingerprint density at radius 2 is 2.09 bits per heavy atom. The molecule has 3 heteroatoms. The maximum Gasteiger partial charge on any atom is 0.339 e. The molecular weight excluding hydrogens is 144 g/mol. The van der Waals surface area contributed by atoms with Crippen molar-refractivity contribution >= 4 is 5.97 Å². The first-order chi connectivity index (χ1) is 5.25. The first kappa shape index (κ1) is 7.60. The van der Waals surface area contributed by atoms with Crippen molar-refractivity contribution in [2.75, 3.05) is 0 Å². The number of aromatic carboxylic acids is 1. The molecule has 1 aromatic rings. The van der Waals surface area contributed by atoms with Crippen molar-refractivity contribution in [1.29, 1.82) is 0 Å². The van der Waals surface area contributed by atoms with Crippen LogP contribution in [0.3, 0.4) is 0 Å². The third-order valence-electron chi connectivity index (χ3n) is 1.24. The van der Waals surface area contributed by atoms with Gasteiger partial charge in [0.1, 0.15) is 11.3 Å². The van der Waals surface area contributed by atoms with Gasteiger partial charge in [0.15, 0.2) is 7.11 Å². The number of benzene rings is 1. The molecule has 0 saturated heterocycles. The van der Waals surface area contributed by atoms with E-state index in [9.17, 15) is 4.79 Å². The second kappa shape index (κ2) is 3.05. The first-order valence-electron chi connectivity index (χ1n) is 2.94. The van der Waals surface area contributed by atoms with Gasteiger partial charge >= 0.3 is 5.97 Å². The number of carboxylic acids is 1. The number of carbonyl (C=O) groups is 1. The highest BCUT2D eigenvalue weighted by Crippen LogP contribution is 2.16. The summed E-state index contributed by atoms with van der Waals surface area (Å²) in [4.78, 5) is 10.4. The molecule has 1 aromatic carbocycles. The number of rotatable bonds is 2. The quantitative estimate of drug-likeness (QED) is 0.693. The van der Waals surface area contributed by atoms with Crippen molar-refractivity contribution < 1.29 is 14.6 Å². The van der Waals surface area contributed by atoms with E-state index in [2.05, 4.69) is 4.74 Å². The summed E-state index contributed by atoms with van der Waals surface area (Å²) >= 11 is 0. The molecule has 0 unspecified atom stereocenters. The lowest BCUT2D eigenvalue weighted by atomic mass is 10.2. The van der Waals surface area contributed by atoms with E-state index in [-0.39, 0.29) is 11.3 Å². The largest absolute Gasteiger partial charge is 0.481 e. The number of hydrogen-bond acceptors (Lipinski definition) is 2. The molecule has 0 saturated carbocycles. The Kier molecular flexibility index (Phi) is 2.11. The van der Waals surface area contributed by atoms with Gasteiger partial charge < -0.3 is 9.84 Å². The molecule has 56 valence electrons. The molecule has 0 aliphatic heterocycles. The third kappa shape index (κ3) is 1.49. The summed E-state index contributed by atoms with van der Waals surface area (Å²) < 4.78 is 4.33. The zero-order chi connectivity index (χ0) is 8.27. The topological polar surface area (TPSA) is 46.5 Å². The maximum absolute atomic E-state index is 10.4. The van der Waals surface area contributed by atoms with Crippen molar-refractivity contribution in [3.63, 3.8) is 0 Å². The summed E-state index contributed by atoms with van der Waals surface area (Å²) in [7, 11) is 4.83. The summed E-state index contributed by atoms with van der Waals surface area (Å²) in [6.07, 6.45) is 0. The Hall–Kier alpha value is -1.51. The van der Waals surface area contributed by atoms with Crippen LogP contribution in [0.15, 0.2) is 24.3 Å². The smallest absolute Gasteiger partial charge is 0.339 e. The van der Waals surface area contributed by atoms with Gasteiger partial charge in [0.25, 0.3) is 0 Å². The average Bonchev–Trinajstić information content (AvgIpc) is 2.04. The minimum absolute atomic E-state index is 0.0648. The van der Waals surface area contributed by atoms with Gasteiger partial charge in [-0.05, 0) is 12.1 Å². The first-order valence-corrected chi connectivity index (χ1v) is 2.94. The van der Waals surface area contributed by atoms with Crippen LogP contribution in [0.2, 0.25) is 0 Å². The minimum atomic E-state index is -1.05. The molecule has 0 heterocycles. The van der Waals surface area contributed by atoms with Crippen LogP contribution in [0.25, 0.3) is 0 Å². The van der Waals surface area contributed by atoms with Crippen molar-refractivity contribution in [2.24, 2.45) is 0 Å². The SMILES string of the molecule is [CH]Oc1ccccc1C(=O)O. The van der Waals surface area contributed by atoms with Crippen LogP contribution in [0, 0.1) is 7.11 Å². The number of carboxylic acid groups (broad SMARTS) is 1. The molecule has 1 rings (SSSR count). The fraction of sp³-hybridized carbons (Fsp3) is 0. The normalized spacial score (nSPS) is 9.18. The molecule has 0 aromatic heterocycles. The van der Waals surface area contributed by atoms with Crippen molar-refractivity contribution in [3.8, 4) is 5.75 Å². The van der Waals surface area contributed by atoms with E-state index >= 15 is 0 Å². The van der Waals surface area contributed by atoms with E-state index in [0.29, 0.717) is 0 Å². The van der Waals surface area contributed by atoms with Crippen molar-refractivity contribution in [3.05, 3.63) is 36.9 Å². The monoisotopic (exact) mass is 150 g/mol. The average molecular weight is 150 g/mol. The summed E-state index contributed by atoms with van der Waals surface area (Å²) in [5.41, 5.74) is 0.0648. The van der Waals surface area contributed by atoms with Crippen LogP contribution in [-0.4, -0.2) is 11.1 Å². The summed E-state index contributed by atoms with van der Waals surface area (Å²) in [6.45, 7) is 0. The molecule has 0 spiro atoms. The van der Waals surface area contributed by atoms with E-state index in [1.54, 1.807) is 12.1 Å². The van der Waals surface area contributed by atoms with Crippen LogP contribution in [0.1, 0.15) is 10.4 Å². The number of para-hydroxylation sites is 1. The molecule has 3 nitrogen and oxygen atoms in total. The van der Waals surface area contributed by atoms with Crippen LogP contribution in [0.4, 0.5) is 0 Å². The number of hydrogen-bond donors (Lipinski definition) is 1. The molecule has 0 aliphatic rings. The molecule has 2 radical (unpaired) electrons. The van der Waals surface area contributed by atoms with Gasteiger partial charge in [0, 0.05) is 0 Å². The Balaban J connectivity index is 3.12. The molecule has 11 heavy (non-hydrogen) atoms. The highest BCUT2D eigenvalue weighted by atomic mass is 16.5. The highest BCUT2D eigenvalue weighted by Gasteiger charge is 2.07.